The van der Waals surface area contributed by atoms with Crippen LogP contribution >= 0.6 is 0 Å². The Balaban J connectivity index is 0.000000135. The number of hydrogen-bond donors (Lipinski definition) is 4. The van der Waals surface area contributed by atoms with E-state index in [1.165, 1.54) is 64.0 Å². The molecule has 2 saturated carbocycles. The summed E-state index contributed by atoms with van der Waals surface area (Å²) in [6.45, 7) is 15.2. The number of ether oxygens (including phenoxy) is 2. The summed E-state index contributed by atoms with van der Waals surface area (Å²) < 4.78 is 22.5. The highest BCUT2D eigenvalue weighted by Crippen LogP contribution is 2.81. The van der Waals surface area contributed by atoms with E-state index in [0.717, 1.165) is 5.56 Å². The number of rotatable bonds is 10. The fraction of sp³-hybridized carbons (Fsp3) is 0.299. The van der Waals surface area contributed by atoms with Crippen LogP contribution in [-0.2, 0) is 37.3 Å². The molecule has 16 nitrogen and oxygen atoms in total. The molecule has 8 atom stereocenters. The number of anilines is 1. The van der Waals surface area contributed by atoms with Crippen LogP contribution in [-0.4, -0.2) is 86.4 Å². The predicted octanol–water partition coefficient (Wildman–Crippen LogP) is 13.5. The van der Waals surface area contributed by atoms with Gasteiger partial charge in [0, 0.05) is 96.1 Å². The molecular weight excluding hydrogens is 1170 g/mol. The molecular formula is C77H75N3O13. The second-order valence-electron chi connectivity index (χ2n) is 26.8. The van der Waals surface area contributed by atoms with Crippen molar-refractivity contribution in [3.05, 3.63) is 220 Å². The summed E-state index contributed by atoms with van der Waals surface area (Å²) in [7, 11) is 6.28. The topological polar surface area (TPSA) is 236 Å². The Morgan fingerprint density at radius 3 is 2.06 bits per heavy atom. The number of fused-ring (bicyclic) bond motifs is 6. The molecule has 0 amide bonds. The van der Waals surface area contributed by atoms with Gasteiger partial charge in [-0.05, 0) is 164 Å². The molecule has 4 heterocycles. The second kappa shape index (κ2) is 22.9. The number of furan rings is 1. The largest absolute Gasteiger partial charge is 0.872 e. The second-order valence-corrected chi connectivity index (χ2v) is 26.8. The fourth-order valence-corrected chi connectivity index (χ4v) is 16.9. The Hall–Kier alpha value is -10.1. The highest BCUT2D eigenvalue weighted by Gasteiger charge is 2.89. The molecule has 8 unspecified atom stereocenters. The van der Waals surface area contributed by atoms with E-state index in [9.17, 15) is 49.5 Å². The van der Waals surface area contributed by atoms with E-state index in [4.69, 9.17) is 13.9 Å². The van der Waals surface area contributed by atoms with Crippen molar-refractivity contribution >= 4 is 79.8 Å². The van der Waals surface area contributed by atoms with Gasteiger partial charge in [0.1, 0.15) is 30.1 Å². The number of aromatic carboxylic acids is 2. The Morgan fingerprint density at radius 2 is 1.43 bits per heavy atom. The van der Waals surface area contributed by atoms with Crippen LogP contribution in [0.15, 0.2) is 174 Å². The molecule has 93 heavy (non-hydrogen) atoms. The maximum atomic E-state index is 14.3. The van der Waals surface area contributed by atoms with Crippen molar-refractivity contribution in [3.8, 4) is 17.2 Å². The number of aliphatic hydroxyl groups excluding tert-OH is 1. The summed E-state index contributed by atoms with van der Waals surface area (Å²) in [5.74, 6) is -5.55. The molecule has 3 fully saturated rings. The van der Waals surface area contributed by atoms with Crippen molar-refractivity contribution in [2.45, 2.75) is 98.4 Å². The Morgan fingerprint density at radius 1 is 0.785 bits per heavy atom. The van der Waals surface area contributed by atoms with Crippen LogP contribution in [0.25, 0.3) is 50.3 Å². The number of phenols is 1. The smallest absolute Gasteiger partial charge is 0.339 e. The van der Waals surface area contributed by atoms with Crippen LogP contribution < -0.4 is 14.6 Å². The summed E-state index contributed by atoms with van der Waals surface area (Å²) in [6.07, 6.45) is 11.5. The Kier molecular flexibility index (Phi) is 15.6. The minimum absolute atomic E-state index is 0.0453. The van der Waals surface area contributed by atoms with Crippen LogP contribution in [0.5, 0.6) is 11.5 Å². The maximum absolute atomic E-state index is 14.3. The highest BCUT2D eigenvalue weighted by atomic mass is 16.6. The first-order valence-electron chi connectivity index (χ1n) is 31.1. The van der Waals surface area contributed by atoms with E-state index in [0.29, 0.717) is 40.0 Å². The number of hydrogen-bond acceptors (Lipinski definition) is 12. The molecule has 476 valence electrons. The van der Waals surface area contributed by atoms with Crippen molar-refractivity contribution in [3.63, 3.8) is 0 Å². The number of allylic oxidation sites excluding steroid dienone is 4. The number of aromatic hydroxyl groups is 1. The molecule has 3 aromatic heterocycles. The molecule has 9 aromatic rings. The Bertz CT molecular complexity index is 4590. The van der Waals surface area contributed by atoms with Crippen molar-refractivity contribution in [2.24, 2.45) is 34.6 Å². The van der Waals surface area contributed by atoms with Crippen LogP contribution in [0, 0.1) is 41.4 Å². The Labute approximate surface area is 538 Å². The van der Waals surface area contributed by atoms with Crippen molar-refractivity contribution in [1.29, 1.82) is 0 Å². The van der Waals surface area contributed by atoms with Gasteiger partial charge in [0.15, 0.2) is 11.5 Å². The normalized spacial score (nSPS) is 24.7. The van der Waals surface area contributed by atoms with Gasteiger partial charge < -0.3 is 48.9 Å². The van der Waals surface area contributed by atoms with Crippen molar-refractivity contribution < 1.29 is 68.0 Å². The number of aliphatic hydroxyl groups is 1. The molecule has 1 spiro atoms. The summed E-state index contributed by atoms with van der Waals surface area (Å²) in [5.41, 5.74) is 5.34. The van der Waals surface area contributed by atoms with Crippen LogP contribution in [0.1, 0.15) is 120 Å². The minimum atomic E-state index is -1.34. The third-order valence-electron chi connectivity index (χ3n) is 21.0. The lowest BCUT2D eigenvalue weighted by Gasteiger charge is -2.64. The van der Waals surface area contributed by atoms with E-state index in [-0.39, 0.29) is 52.2 Å². The highest BCUT2D eigenvalue weighted by molar-refractivity contribution is 6.07. The maximum Gasteiger partial charge on any atom is 0.339 e. The van der Waals surface area contributed by atoms with E-state index in [2.05, 4.69) is 135 Å². The van der Waals surface area contributed by atoms with Crippen molar-refractivity contribution in [1.82, 2.24) is 4.57 Å². The summed E-state index contributed by atoms with van der Waals surface area (Å²) in [5, 5.41) is 57.6. The van der Waals surface area contributed by atoms with Gasteiger partial charge >= 0.3 is 17.9 Å². The van der Waals surface area contributed by atoms with E-state index in [1.54, 1.807) is 87.1 Å². The number of benzene rings is 6. The lowest BCUT2D eigenvalue weighted by atomic mass is 9.38. The lowest BCUT2D eigenvalue weighted by molar-refractivity contribution is -0.646. The monoisotopic (exact) mass is 1250 g/mol. The van der Waals surface area contributed by atoms with E-state index < -0.39 is 74.5 Å². The third-order valence-corrected chi connectivity index (χ3v) is 21.0. The molecule has 1 saturated heterocycles. The number of carboxylic acids is 2. The molecule has 5 aliphatic rings. The number of carboxylic acid groups (broad SMARTS) is 2. The van der Waals surface area contributed by atoms with Crippen LogP contribution in [0.4, 0.5) is 5.69 Å². The number of aryl methyl sites for hydroxylation is 2. The lowest BCUT2D eigenvalue weighted by Crippen LogP contribution is -2.70. The summed E-state index contributed by atoms with van der Waals surface area (Å²) in [4.78, 5) is 64.9. The number of ketones is 2. The molecule has 0 bridgehead atoms. The quantitative estimate of drug-likeness (QED) is 0.0566. The number of carbonyl (C=O) groups is 5. The molecule has 6 aromatic carbocycles. The molecule has 0 radical (unpaired) electrons. The van der Waals surface area contributed by atoms with Gasteiger partial charge in [0.2, 0.25) is 17.0 Å². The zero-order chi connectivity index (χ0) is 66.6. The molecule has 1 aliphatic heterocycles. The minimum Gasteiger partial charge on any atom is -0.872 e. The summed E-state index contributed by atoms with van der Waals surface area (Å²) in [6, 6.07) is 42.2. The summed E-state index contributed by atoms with van der Waals surface area (Å²) >= 11 is 0. The molecule has 4 aliphatic carbocycles. The zero-order valence-corrected chi connectivity index (χ0v) is 53.9. The fourth-order valence-electron chi connectivity index (χ4n) is 16.9. The molecule has 14 rings (SSSR count). The molecule has 4 N–H and O–H groups in total. The number of epoxide rings is 1. The first-order valence-corrected chi connectivity index (χ1v) is 31.1. The SMILES string of the molecule is CC(=O)OC1CC2(C)C(c3ccoc3)CC3OC32C2(C)C(=O)C(O)=C3C(C)(C)C(=O)C=CC3(C)C12.Cc1cc(C=Cc2ccc3cc(N(C)C)ccc3[n+]2C)c(C)n1-c1ccccc1.O=C(O)c1cc2ccccc2c(Cc2c(O)c(C(=O)O)cc3ccccc23)c1[O-]. The van der Waals surface area contributed by atoms with Crippen LogP contribution in [0.2, 0.25) is 0 Å². The van der Waals surface area contributed by atoms with E-state index >= 15 is 0 Å². The predicted molar refractivity (Wildman–Crippen MR) is 354 cm³/mol. The average Bonchev–Trinajstić information content (AvgIpc) is 1.47. The molecule has 16 heteroatoms. The van der Waals surface area contributed by atoms with Gasteiger partial charge in [0.05, 0.1) is 35.0 Å². The van der Waals surface area contributed by atoms with E-state index in [1.807, 2.05) is 19.9 Å². The number of Topliss-reactive ketones (excluding diaryl/α,β-unsaturated/α-hetero) is 1. The van der Waals surface area contributed by atoms with Crippen molar-refractivity contribution in [2.75, 3.05) is 19.0 Å². The first-order chi connectivity index (χ1) is 44.1. The van der Waals surface area contributed by atoms with Crippen LogP contribution in [0.3, 0.4) is 0 Å². The standard InChI is InChI=1S/C28H32O7.C26H28N3.C23H16O6/c1-14(29)34-17-12-26(5)16(15-8-10-33-13-15)11-19-28(26,35-19)27(6)21(17)25(4)9-7-18(30)24(2,3)22(25)20(31)23(27)32;1-19-17-21(20(2)29(19)24-9-7-6-8-10-24)11-13-23-14-12-22-18-25(27(3)4)15-16-26(22)28(23)5;24-20-16(14-7-3-1-5-12(14)9-18(20)22(26)27)11-17-15-8-4-2-6-13(15)10-19(21(17)25)23(28)29/h7-10,13,16-17,19,21,31H,11-12H2,1-6H3;6-18H,1-5H3;1-10,24-25H,11H2,(H,26,27)(H,28,29)/q;+1;/p-1. The number of pyridine rings is 1. The first kappa shape index (κ1) is 63.1. The number of para-hydroxylation sites is 1. The van der Waals surface area contributed by atoms with Gasteiger partial charge in [-0.15, -0.1) is 0 Å². The number of esters is 1. The number of carbonyl (C=O) groups excluding carboxylic acids is 3. The van der Waals surface area contributed by atoms with Gasteiger partial charge in [0.25, 0.3) is 0 Å². The number of aromatic nitrogens is 2. The van der Waals surface area contributed by atoms with Gasteiger partial charge in [-0.25, -0.2) is 9.59 Å². The average molecular weight is 1250 g/mol. The van der Waals surface area contributed by atoms with Gasteiger partial charge in [-0.3, -0.25) is 14.4 Å². The zero-order valence-electron chi connectivity index (χ0n) is 53.9. The van der Waals surface area contributed by atoms with Gasteiger partial charge in [-0.2, -0.15) is 4.57 Å². The third kappa shape index (κ3) is 9.90. The number of nitrogens with zero attached hydrogens (tertiary/aromatic N) is 3. The van der Waals surface area contributed by atoms with Gasteiger partial charge in [-0.1, -0.05) is 92.4 Å².